The molecule has 25 heavy (non-hydrogen) atoms. The first-order chi connectivity index (χ1) is 11.9. The molecule has 5 nitrogen and oxygen atoms in total. The smallest absolute Gasteiger partial charge is 0.328 e. The van der Waals surface area contributed by atoms with Crippen molar-refractivity contribution in [2.75, 3.05) is 25.1 Å². The summed E-state index contributed by atoms with van der Waals surface area (Å²) in [6.07, 6.45) is 2.09. The molecule has 0 bridgehead atoms. The van der Waals surface area contributed by atoms with Gasteiger partial charge in [0.2, 0.25) is 5.91 Å². The van der Waals surface area contributed by atoms with Crippen molar-refractivity contribution >= 4 is 17.6 Å². The van der Waals surface area contributed by atoms with Gasteiger partial charge in [-0.05, 0) is 30.4 Å². The molecule has 1 aliphatic heterocycles. The van der Waals surface area contributed by atoms with E-state index in [1.165, 1.54) is 13.2 Å². The maximum atomic E-state index is 13.6. The number of anilines is 1. The van der Waals surface area contributed by atoms with Crippen LogP contribution in [0.25, 0.3) is 0 Å². The van der Waals surface area contributed by atoms with Crippen LogP contribution in [0.15, 0.2) is 12.1 Å². The lowest BCUT2D eigenvalue weighted by molar-refractivity contribution is -0.146. The Bertz CT molecular complexity index is 651. The molecule has 138 valence electrons. The van der Waals surface area contributed by atoms with Gasteiger partial charge in [-0.2, -0.15) is 0 Å². The van der Waals surface area contributed by atoms with Crippen LogP contribution in [0.2, 0.25) is 0 Å². The molecule has 1 aromatic carbocycles. The quantitative estimate of drug-likeness (QED) is 0.797. The van der Waals surface area contributed by atoms with Crippen molar-refractivity contribution in [3.05, 3.63) is 29.3 Å². The summed E-state index contributed by atoms with van der Waals surface area (Å²) in [5.74, 6) is -2.73. The zero-order valence-corrected chi connectivity index (χ0v) is 14.8. The number of benzene rings is 1. The van der Waals surface area contributed by atoms with E-state index in [9.17, 15) is 18.4 Å². The number of hydrogen-bond acceptors (Lipinski definition) is 4. The minimum absolute atomic E-state index is 0.0258. The summed E-state index contributed by atoms with van der Waals surface area (Å²) in [6.45, 7) is 4.32. The van der Waals surface area contributed by atoms with Crippen molar-refractivity contribution in [3.63, 3.8) is 0 Å². The van der Waals surface area contributed by atoms with E-state index >= 15 is 0 Å². The first kappa shape index (κ1) is 19.1. The van der Waals surface area contributed by atoms with Gasteiger partial charge in [0.05, 0.1) is 13.7 Å². The molecule has 2 atom stereocenters. The lowest BCUT2D eigenvalue weighted by Crippen LogP contribution is -2.49. The maximum Gasteiger partial charge on any atom is 0.328 e. The number of methoxy groups -OCH3 is 1. The summed E-state index contributed by atoms with van der Waals surface area (Å²) in [5.41, 5.74) is 1.21. The minimum Gasteiger partial charge on any atom is -0.467 e. The number of fused-ring (bicyclic) bond motifs is 1. The molecule has 0 spiro atoms. The topological polar surface area (TPSA) is 58.6 Å². The van der Waals surface area contributed by atoms with Gasteiger partial charge in [-0.25, -0.2) is 13.6 Å². The molecule has 0 saturated heterocycles. The molecule has 2 rings (SSSR count). The Morgan fingerprint density at radius 1 is 1.32 bits per heavy atom. The van der Waals surface area contributed by atoms with E-state index in [0.29, 0.717) is 30.6 Å². The van der Waals surface area contributed by atoms with E-state index in [4.69, 9.17) is 4.74 Å². The summed E-state index contributed by atoms with van der Waals surface area (Å²) >= 11 is 0. The van der Waals surface area contributed by atoms with Crippen LogP contribution in [0.1, 0.15) is 32.3 Å². The molecule has 0 aromatic heterocycles. The van der Waals surface area contributed by atoms with Crippen LogP contribution in [-0.4, -0.2) is 38.1 Å². The van der Waals surface area contributed by atoms with Crippen molar-refractivity contribution in [3.8, 4) is 0 Å². The number of halogens is 2. The van der Waals surface area contributed by atoms with Crippen molar-refractivity contribution in [2.45, 2.75) is 39.2 Å². The fourth-order valence-corrected chi connectivity index (χ4v) is 3.01. The molecule has 0 saturated carbocycles. The Morgan fingerprint density at radius 3 is 2.64 bits per heavy atom. The third-order valence-electron chi connectivity index (χ3n) is 4.66. The first-order valence-electron chi connectivity index (χ1n) is 8.47. The van der Waals surface area contributed by atoms with E-state index in [-0.39, 0.29) is 18.4 Å². The van der Waals surface area contributed by atoms with Gasteiger partial charge in [0.15, 0.2) is 11.6 Å². The molecule has 1 aromatic rings. The van der Waals surface area contributed by atoms with E-state index < -0.39 is 23.6 Å². The highest BCUT2D eigenvalue weighted by atomic mass is 19.2. The number of ether oxygens (including phenoxy) is 1. The Hall–Kier alpha value is -2.18. The molecule has 7 heteroatoms. The predicted molar refractivity (Wildman–Crippen MR) is 90.3 cm³/mol. The summed E-state index contributed by atoms with van der Waals surface area (Å²) in [5, 5.41) is 2.70. The van der Waals surface area contributed by atoms with E-state index in [1.54, 1.807) is 4.90 Å². The van der Waals surface area contributed by atoms with Gasteiger partial charge in [-0.3, -0.25) is 4.79 Å². The number of nitrogens with one attached hydrogen (secondary N) is 1. The second-order valence-electron chi connectivity index (χ2n) is 6.37. The van der Waals surface area contributed by atoms with E-state index in [2.05, 4.69) is 5.32 Å². The summed E-state index contributed by atoms with van der Waals surface area (Å²) in [6, 6.07) is 1.59. The highest BCUT2D eigenvalue weighted by Gasteiger charge is 2.28. The third-order valence-corrected chi connectivity index (χ3v) is 4.66. The van der Waals surface area contributed by atoms with Crippen LogP contribution in [0.4, 0.5) is 14.5 Å². The maximum absolute atomic E-state index is 13.6. The minimum atomic E-state index is -0.932. The highest BCUT2D eigenvalue weighted by Crippen LogP contribution is 2.29. The molecule has 2 unspecified atom stereocenters. The predicted octanol–water partition coefficient (Wildman–Crippen LogP) is 2.42. The number of esters is 1. The second-order valence-corrected chi connectivity index (χ2v) is 6.37. The van der Waals surface area contributed by atoms with Gasteiger partial charge in [0, 0.05) is 18.3 Å². The largest absolute Gasteiger partial charge is 0.467 e. The van der Waals surface area contributed by atoms with Crippen LogP contribution in [0.5, 0.6) is 0 Å². The first-order valence-corrected chi connectivity index (χ1v) is 8.47. The normalized spacial score (nSPS) is 16.0. The van der Waals surface area contributed by atoms with Gasteiger partial charge in [-0.1, -0.05) is 20.3 Å². The van der Waals surface area contributed by atoms with E-state index in [1.807, 2.05) is 13.8 Å². The molecular formula is C18H24F2N2O3. The Labute approximate surface area is 146 Å². The second kappa shape index (κ2) is 8.27. The molecule has 1 heterocycles. The summed E-state index contributed by atoms with van der Waals surface area (Å²) < 4.78 is 31.7. The van der Waals surface area contributed by atoms with Gasteiger partial charge in [-0.15, -0.1) is 0 Å². The fraction of sp³-hybridized carbons (Fsp3) is 0.556. The molecule has 0 fully saturated rings. The zero-order valence-electron chi connectivity index (χ0n) is 14.8. The number of aryl methyl sites for hydroxylation is 1. The van der Waals surface area contributed by atoms with Crippen LogP contribution in [-0.2, 0) is 20.7 Å². The molecule has 0 aliphatic carbocycles. The zero-order chi connectivity index (χ0) is 18.6. The highest BCUT2D eigenvalue weighted by molar-refractivity contribution is 5.87. The van der Waals surface area contributed by atoms with Crippen LogP contribution in [0, 0.1) is 17.6 Å². The molecule has 1 aliphatic rings. The van der Waals surface area contributed by atoms with E-state index in [0.717, 1.165) is 12.5 Å². The molecule has 1 N–H and O–H groups in total. The fourth-order valence-electron chi connectivity index (χ4n) is 3.01. The molecule has 1 amide bonds. The number of carbonyl (C=O) groups is 2. The summed E-state index contributed by atoms with van der Waals surface area (Å²) in [7, 11) is 1.28. The Kier molecular flexibility index (Phi) is 6.33. The lowest BCUT2D eigenvalue weighted by atomic mass is 9.99. The number of nitrogens with zero attached hydrogens (tertiary/aromatic N) is 1. The monoisotopic (exact) mass is 354 g/mol. The molecule has 0 radical (unpaired) electrons. The Morgan fingerprint density at radius 2 is 2.00 bits per heavy atom. The number of amides is 1. The van der Waals surface area contributed by atoms with Crippen molar-refractivity contribution in [1.29, 1.82) is 0 Å². The Balaban J connectivity index is 2.11. The standard InChI is InChI=1S/C18H24F2N2O3/c1-4-11(2)17(18(24)25-3)21-16(23)10-22-7-5-6-12-8-13(19)14(20)9-15(12)22/h8-9,11,17H,4-7,10H2,1-3H3,(H,21,23). The number of rotatable bonds is 6. The van der Waals surface area contributed by atoms with Crippen LogP contribution in [0.3, 0.4) is 0 Å². The van der Waals surface area contributed by atoms with Gasteiger partial charge in [0.1, 0.15) is 6.04 Å². The SMILES string of the molecule is CCC(C)C(NC(=O)CN1CCCc2cc(F)c(F)cc21)C(=O)OC. The summed E-state index contributed by atoms with van der Waals surface area (Å²) in [4.78, 5) is 26.0. The van der Waals surface area contributed by atoms with Crippen molar-refractivity contribution in [2.24, 2.45) is 5.92 Å². The van der Waals surface area contributed by atoms with Crippen molar-refractivity contribution < 1.29 is 23.1 Å². The van der Waals surface area contributed by atoms with Gasteiger partial charge in [0.25, 0.3) is 0 Å². The average Bonchev–Trinajstić information content (AvgIpc) is 2.60. The van der Waals surface area contributed by atoms with Gasteiger partial charge >= 0.3 is 5.97 Å². The number of carbonyl (C=O) groups excluding carboxylic acids is 2. The van der Waals surface area contributed by atoms with Crippen molar-refractivity contribution in [1.82, 2.24) is 5.32 Å². The number of hydrogen-bond donors (Lipinski definition) is 1. The third kappa shape index (κ3) is 4.46. The lowest BCUT2D eigenvalue weighted by Gasteiger charge is -2.31. The van der Waals surface area contributed by atoms with Crippen LogP contribution >= 0.6 is 0 Å². The van der Waals surface area contributed by atoms with Gasteiger partial charge < -0.3 is 15.0 Å². The molecular weight excluding hydrogens is 330 g/mol. The average molecular weight is 354 g/mol. The van der Waals surface area contributed by atoms with Crippen LogP contribution < -0.4 is 10.2 Å².